The molecule has 1 amide bonds. The lowest BCUT2D eigenvalue weighted by molar-refractivity contribution is -0.122. The van der Waals surface area contributed by atoms with E-state index < -0.39 is 0 Å². The molecule has 1 aliphatic heterocycles. The zero-order chi connectivity index (χ0) is 12.4. The summed E-state index contributed by atoms with van der Waals surface area (Å²) >= 11 is 1.18. The second kappa shape index (κ2) is 4.99. The van der Waals surface area contributed by atoms with Crippen molar-refractivity contribution in [3.63, 3.8) is 0 Å². The normalized spacial score (nSPS) is 16.9. The van der Waals surface area contributed by atoms with Gasteiger partial charge in [-0.25, -0.2) is 0 Å². The molecule has 0 atom stereocenters. The number of fused-ring (bicyclic) bond motifs is 1. The van der Waals surface area contributed by atoms with E-state index in [2.05, 4.69) is 14.1 Å². The number of amides is 1. The molecule has 1 fully saturated rings. The van der Waals surface area contributed by atoms with Crippen LogP contribution in [0.25, 0.3) is 11.0 Å². The fraction of sp³-hybridized carbons (Fsp3) is 0.417. The molecule has 0 radical (unpaired) electrons. The molecule has 1 N–H and O–H groups in total. The first-order valence-electron chi connectivity index (χ1n) is 5.94. The van der Waals surface area contributed by atoms with Gasteiger partial charge in [-0.1, -0.05) is 0 Å². The molecule has 5 nitrogen and oxygen atoms in total. The number of aromatic nitrogens is 2. The van der Waals surface area contributed by atoms with Crippen LogP contribution in [-0.4, -0.2) is 27.9 Å². The van der Waals surface area contributed by atoms with Gasteiger partial charge in [0.15, 0.2) is 0 Å². The molecule has 0 spiro atoms. The molecule has 0 saturated carbocycles. The molecule has 0 bridgehead atoms. The van der Waals surface area contributed by atoms with E-state index in [1.54, 1.807) is 0 Å². The third-order valence-corrected chi connectivity index (χ3v) is 3.67. The average molecular weight is 263 g/mol. The molecule has 0 unspecified atom stereocenters. The molecule has 2 heterocycles. The lowest BCUT2D eigenvalue weighted by atomic mass is 9.99. The van der Waals surface area contributed by atoms with Crippen LogP contribution in [0, 0.1) is 5.92 Å². The number of rotatable bonds is 2. The molecule has 1 aromatic carbocycles. The highest BCUT2D eigenvalue weighted by Gasteiger charge is 2.21. The van der Waals surface area contributed by atoms with Crippen LogP contribution in [0.1, 0.15) is 12.8 Å². The second-order valence-electron chi connectivity index (χ2n) is 4.34. The van der Waals surface area contributed by atoms with E-state index in [0.29, 0.717) is 13.2 Å². The molecular formula is C12H13N3O2S. The third kappa shape index (κ3) is 2.34. The number of nitrogens with zero attached hydrogens (tertiary/aromatic N) is 2. The number of ether oxygens (including phenoxy) is 1. The van der Waals surface area contributed by atoms with Crippen molar-refractivity contribution in [1.82, 2.24) is 8.75 Å². The molecule has 1 saturated heterocycles. The van der Waals surface area contributed by atoms with Crippen LogP contribution < -0.4 is 5.32 Å². The van der Waals surface area contributed by atoms with E-state index in [4.69, 9.17) is 4.74 Å². The minimum Gasteiger partial charge on any atom is -0.381 e. The summed E-state index contributed by atoms with van der Waals surface area (Å²) in [5.41, 5.74) is 2.47. The summed E-state index contributed by atoms with van der Waals surface area (Å²) in [7, 11) is 0. The monoisotopic (exact) mass is 263 g/mol. The number of benzene rings is 1. The van der Waals surface area contributed by atoms with Crippen molar-refractivity contribution >= 4 is 34.4 Å². The minimum absolute atomic E-state index is 0.0583. The van der Waals surface area contributed by atoms with Crippen LogP contribution in [0.15, 0.2) is 18.2 Å². The molecule has 94 valence electrons. The summed E-state index contributed by atoms with van der Waals surface area (Å²) < 4.78 is 13.5. The van der Waals surface area contributed by atoms with E-state index in [0.717, 1.165) is 29.6 Å². The zero-order valence-corrected chi connectivity index (χ0v) is 10.6. The average Bonchev–Trinajstić information content (AvgIpc) is 2.87. The van der Waals surface area contributed by atoms with Gasteiger partial charge >= 0.3 is 0 Å². The van der Waals surface area contributed by atoms with Gasteiger partial charge in [0.25, 0.3) is 0 Å². The molecular weight excluding hydrogens is 250 g/mol. The Kier molecular flexibility index (Phi) is 3.21. The number of anilines is 1. The van der Waals surface area contributed by atoms with E-state index in [9.17, 15) is 4.79 Å². The fourth-order valence-electron chi connectivity index (χ4n) is 2.06. The van der Waals surface area contributed by atoms with Gasteiger partial charge in [-0.2, -0.15) is 8.75 Å². The highest BCUT2D eigenvalue weighted by molar-refractivity contribution is 7.00. The first kappa shape index (κ1) is 11.6. The molecule has 2 aromatic rings. The van der Waals surface area contributed by atoms with Crippen molar-refractivity contribution < 1.29 is 9.53 Å². The molecule has 1 aliphatic rings. The number of carbonyl (C=O) groups excluding carboxylic acids is 1. The number of carbonyl (C=O) groups is 1. The van der Waals surface area contributed by atoms with Crippen molar-refractivity contribution in [2.24, 2.45) is 5.92 Å². The summed E-state index contributed by atoms with van der Waals surface area (Å²) in [6.45, 7) is 1.35. The molecule has 6 heteroatoms. The Morgan fingerprint density at radius 3 is 2.89 bits per heavy atom. The summed E-state index contributed by atoms with van der Waals surface area (Å²) in [6.07, 6.45) is 1.60. The Bertz CT molecular complexity index is 563. The highest BCUT2D eigenvalue weighted by atomic mass is 32.1. The van der Waals surface area contributed by atoms with Gasteiger partial charge in [-0.15, -0.1) is 0 Å². The van der Waals surface area contributed by atoms with Crippen LogP contribution in [0.4, 0.5) is 5.69 Å². The molecule has 18 heavy (non-hydrogen) atoms. The minimum atomic E-state index is 0.0583. The Hall–Kier alpha value is -1.53. The molecule has 0 aliphatic carbocycles. The van der Waals surface area contributed by atoms with Gasteiger partial charge < -0.3 is 10.1 Å². The van der Waals surface area contributed by atoms with E-state index in [1.165, 1.54) is 11.7 Å². The standard InChI is InChI=1S/C12H13N3O2S/c16-12(8-3-5-17-6-4-8)13-9-1-2-10-11(7-9)15-18-14-10/h1-2,7-8H,3-6H2,(H,13,16). The van der Waals surface area contributed by atoms with E-state index in [-0.39, 0.29) is 11.8 Å². The van der Waals surface area contributed by atoms with Gasteiger partial charge in [0.1, 0.15) is 11.0 Å². The van der Waals surface area contributed by atoms with Crippen molar-refractivity contribution in [3.8, 4) is 0 Å². The third-order valence-electron chi connectivity index (χ3n) is 3.11. The SMILES string of the molecule is O=C(Nc1ccc2nsnc2c1)C1CCOCC1. The highest BCUT2D eigenvalue weighted by Crippen LogP contribution is 2.20. The fourth-order valence-corrected chi connectivity index (χ4v) is 2.58. The topological polar surface area (TPSA) is 64.1 Å². The zero-order valence-electron chi connectivity index (χ0n) is 9.76. The maximum absolute atomic E-state index is 12.0. The van der Waals surface area contributed by atoms with Crippen molar-refractivity contribution in [2.75, 3.05) is 18.5 Å². The van der Waals surface area contributed by atoms with Gasteiger partial charge in [0, 0.05) is 24.8 Å². The van der Waals surface area contributed by atoms with Crippen molar-refractivity contribution in [1.29, 1.82) is 0 Å². The summed E-state index contributed by atoms with van der Waals surface area (Å²) in [4.78, 5) is 12.0. The summed E-state index contributed by atoms with van der Waals surface area (Å²) in [5, 5.41) is 2.94. The summed E-state index contributed by atoms with van der Waals surface area (Å²) in [6, 6.07) is 5.59. The van der Waals surface area contributed by atoms with Gasteiger partial charge in [0.05, 0.1) is 11.7 Å². The van der Waals surface area contributed by atoms with Crippen LogP contribution in [0.2, 0.25) is 0 Å². The van der Waals surface area contributed by atoms with Gasteiger partial charge in [-0.3, -0.25) is 4.79 Å². The first-order chi connectivity index (χ1) is 8.83. The van der Waals surface area contributed by atoms with Gasteiger partial charge in [0.2, 0.25) is 5.91 Å². The Morgan fingerprint density at radius 1 is 1.28 bits per heavy atom. The quantitative estimate of drug-likeness (QED) is 0.900. The number of nitrogens with one attached hydrogen (secondary N) is 1. The first-order valence-corrected chi connectivity index (χ1v) is 6.67. The number of hydrogen-bond acceptors (Lipinski definition) is 5. The predicted octanol–water partition coefficient (Wildman–Crippen LogP) is 2.06. The van der Waals surface area contributed by atoms with Crippen LogP contribution in [-0.2, 0) is 9.53 Å². The van der Waals surface area contributed by atoms with Crippen LogP contribution >= 0.6 is 11.7 Å². The second-order valence-corrected chi connectivity index (χ2v) is 4.87. The lowest BCUT2D eigenvalue weighted by Crippen LogP contribution is -2.28. The van der Waals surface area contributed by atoms with E-state index >= 15 is 0 Å². The van der Waals surface area contributed by atoms with Crippen molar-refractivity contribution in [2.45, 2.75) is 12.8 Å². The smallest absolute Gasteiger partial charge is 0.227 e. The summed E-state index contributed by atoms with van der Waals surface area (Å²) in [5.74, 6) is 0.129. The van der Waals surface area contributed by atoms with Crippen LogP contribution in [0.3, 0.4) is 0 Å². The maximum Gasteiger partial charge on any atom is 0.227 e. The van der Waals surface area contributed by atoms with Crippen molar-refractivity contribution in [3.05, 3.63) is 18.2 Å². The van der Waals surface area contributed by atoms with Gasteiger partial charge in [-0.05, 0) is 31.0 Å². The number of hydrogen-bond donors (Lipinski definition) is 1. The lowest BCUT2D eigenvalue weighted by Gasteiger charge is -2.21. The Morgan fingerprint density at radius 2 is 2.06 bits per heavy atom. The Labute approximate surface area is 108 Å². The predicted molar refractivity (Wildman–Crippen MR) is 69.6 cm³/mol. The Balaban J connectivity index is 1.72. The molecule has 3 rings (SSSR count). The molecule has 1 aromatic heterocycles. The van der Waals surface area contributed by atoms with E-state index in [1.807, 2.05) is 18.2 Å². The maximum atomic E-state index is 12.0. The van der Waals surface area contributed by atoms with Crippen LogP contribution in [0.5, 0.6) is 0 Å². The largest absolute Gasteiger partial charge is 0.381 e.